The summed E-state index contributed by atoms with van der Waals surface area (Å²) in [7, 11) is 0. The summed E-state index contributed by atoms with van der Waals surface area (Å²) in [6, 6.07) is 3.73. The van der Waals surface area contributed by atoms with Crippen molar-refractivity contribution in [3.63, 3.8) is 0 Å². The van der Waals surface area contributed by atoms with Crippen LogP contribution in [0.25, 0.3) is 10.4 Å². The van der Waals surface area contributed by atoms with E-state index >= 15 is 0 Å². The van der Waals surface area contributed by atoms with Gasteiger partial charge in [0.15, 0.2) is 0 Å². The first-order valence-electron chi connectivity index (χ1n) is 21.2. The van der Waals surface area contributed by atoms with Crippen molar-refractivity contribution in [2.24, 2.45) is 16.8 Å². The van der Waals surface area contributed by atoms with E-state index in [0.29, 0.717) is 123 Å². The summed E-state index contributed by atoms with van der Waals surface area (Å²) in [5, 5.41) is 25.7. The number of anilines is 1. The lowest BCUT2D eigenvalue weighted by atomic mass is 10.0. The first-order chi connectivity index (χ1) is 31.1. The van der Waals surface area contributed by atoms with E-state index in [1.54, 1.807) is 38.1 Å². The Bertz CT molecular complexity index is 1460. The second-order valence-electron chi connectivity index (χ2n) is 13.8. The number of benzene rings is 1. The molecule has 0 fully saturated rings. The van der Waals surface area contributed by atoms with Gasteiger partial charge in [-0.2, -0.15) is 0 Å². The van der Waals surface area contributed by atoms with Crippen molar-refractivity contribution in [1.29, 1.82) is 0 Å². The molecule has 24 heteroatoms. The van der Waals surface area contributed by atoms with Crippen LogP contribution in [0.3, 0.4) is 0 Å². The average molecular weight is 916 g/mol. The van der Waals surface area contributed by atoms with Crippen LogP contribution in [0.1, 0.15) is 32.3 Å². The molecule has 0 aromatic heterocycles. The number of primary amides is 1. The van der Waals surface area contributed by atoms with Gasteiger partial charge < -0.3 is 80.1 Å². The number of rotatable bonds is 42. The molecule has 8 N–H and O–H groups in total. The van der Waals surface area contributed by atoms with Crippen LogP contribution >= 0.6 is 0 Å². The second kappa shape index (κ2) is 39.8. The van der Waals surface area contributed by atoms with E-state index < -0.39 is 55.0 Å². The summed E-state index contributed by atoms with van der Waals surface area (Å²) in [4.78, 5) is 65.0. The number of urea groups is 1. The molecule has 64 heavy (non-hydrogen) atoms. The molecule has 0 saturated heterocycles. The number of aliphatic hydroxyl groups is 1. The summed E-state index contributed by atoms with van der Waals surface area (Å²) in [6.07, 6.45) is 0.462. The molecule has 1 aromatic carbocycles. The Morgan fingerprint density at radius 2 is 1.12 bits per heavy atom. The van der Waals surface area contributed by atoms with Crippen molar-refractivity contribution >= 4 is 35.3 Å². The van der Waals surface area contributed by atoms with E-state index in [-0.39, 0.29) is 38.6 Å². The zero-order valence-electron chi connectivity index (χ0n) is 37.1. The number of nitrogens with zero attached hydrogens (tertiary/aromatic N) is 3. The van der Waals surface area contributed by atoms with Gasteiger partial charge in [0, 0.05) is 30.2 Å². The number of amides is 6. The number of hydrogen-bond donors (Lipinski definition) is 7. The summed E-state index contributed by atoms with van der Waals surface area (Å²) in [6.45, 7) is 9.49. The van der Waals surface area contributed by atoms with Crippen LogP contribution in [0, 0.1) is 5.92 Å². The number of nitrogens with two attached hydrogens (primary N) is 1. The highest BCUT2D eigenvalue weighted by Crippen LogP contribution is 2.12. The predicted octanol–water partition coefficient (Wildman–Crippen LogP) is -0.233. The molecule has 2 atom stereocenters. The lowest BCUT2D eigenvalue weighted by molar-refractivity contribution is -0.135. The number of aliphatic hydroxyl groups excluding tert-OH is 1. The average Bonchev–Trinajstić information content (AvgIpc) is 3.27. The molecule has 0 aliphatic rings. The molecule has 0 radical (unpaired) electrons. The van der Waals surface area contributed by atoms with E-state index in [1.807, 2.05) is 0 Å². The van der Waals surface area contributed by atoms with Crippen molar-refractivity contribution in [3.8, 4) is 0 Å². The quantitative estimate of drug-likeness (QED) is 0.0193. The normalized spacial score (nSPS) is 11.9. The van der Waals surface area contributed by atoms with Gasteiger partial charge in [-0.05, 0) is 42.0 Å². The molecule has 364 valence electrons. The number of ether oxygens (including phenoxy) is 9. The molecular formula is C40H69N9O15. The number of hydrogen-bond acceptors (Lipinski definition) is 16. The molecule has 6 amide bonds. The summed E-state index contributed by atoms with van der Waals surface area (Å²) >= 11 is 0. The smallest absolute Gasteiger partial charge is 0.312 e. The van der Waals surface area contributed by atoms with Crippen molar-refractivity contribution < 1.29 is 71.7 Å². The van der Waals surface area contributed by atoms with Gasteiger partial charge >= 0.3 is 6.03 Å². The van der Waals surface area contributed by atoms with Crippen LogP contribution in [0.15, 0.2) is 29.4 Å². The molecule has 0 aliphatic heterocycles. The molecule has 1 rings (SSSR count). The van der Waals surface area contributed by atoms with Crippen LogP contribution in [-0.4, -0.2) is 185 Å². The Morgan fingerprint density at radius 1 is 0.641 bits per heavy atom. The summed E-state index contributed by atoms with van der Waals surface area (Å²) < 4.78 is 48.5. The van der Waals surface area contributed by atoms with Crippen molar-refractivity contribution in [1.82, 2.24) is 21.3 Å². The molecule has 0 saturated carbocycles. The minimum atomic E-state index is -1.03. The largest absolute Gasteiger partial charge is 0.392 e. The fourth-order valence-electron chi connectivity index (χ4n) is 5.06. The van der Waals surface area contributed by atoms with Crippen molar-refractivity contribution in [2.75, 3.05) is 144 Å². The number of nitrogens with one attached hydrogen (secondary N) is 5. The molecule has 0 spiro atoms. The Kier molecular flexibility index (Phi) is 35.7. The topological polar surface area (TPSA) is 324 Å². The van der Waals surface area contributed by atoms with Crippen molar-refractivity contribution in [3.05, 3.63) is 40.3 Å². The molecule has 0 aliphatic carbocycles. The van der Waals surface area contributed by atoms with E-state index in [2.05, 4.69) is 36.6 Å². The first kappa shape index (κ1) is 57.3. The summed E-state index contributed by atoms with van der Waals surface area (Å²) in [5.74, 6) is -2.61. The first-order valence-corrected chi connectivity index (χ1v) is 21.2. The van der Waals surface area contributed by atoms with Gasteiger partial charge in [0.05, 0.1) is 112 Å². The zero-order valence-corrected chi connectivity index (χ0v) is 37.1. The van der Waals surface area contributed by atoms with Crippen LogP contribution in [-0.2, 0) is 68.4 Å². The third-order valence-electron chi connectivity index (χ3n) is 8.31. The Labute approximate surface area is 374 Å². The third-order valence-corrected chi connectivity index (χ3v) is 8.31. The maximum absolute atomic E-state index is 13.3. The molecule has 24 nitrogen and oxygen atoms in total. The van der Waals surface area contributed by atoms with Crippen LogP contribution in [0.5, 0.6) is 0 Å². The van der Waals surface area contributed by atoms with E-state index in [0.717, 1.165) is 0 Å². The fraction of sp³-hybridized carbons (Fsp3) is 0.725. The van der Waals surface area contributed by atoms with Gasteiger partial charge in [-0.1, -0.05) is 31.1 Å². The Morgan fingerprint density at radius 3 is 1.59 bits per heavy atom. The van der Waals surface area contributed by atoms with Gasteiger partial charge in [0.25, 0.3) is 0 Å². The minimum Gasteiger partial charge on any atom is -0.392 e. The highest BCUT2D eigenvalue weighted by Gasteiger charge is 2.29. The van der Waals surface area contributed by atoms with E-state index in [1.165, 1.54) is 0 Å². The highest BCUT2D eigenvalue weighted by molar-refractivity contribution is 5.98. The van der Waals surface area contributed by atoms with Crippen molar-refractivity contribution in [2.45, 2.75) is 45.4 Å². The minimum absolute atomic E-state index is 0.148. The van der Waals surface area contributed by atoms with Crippen LogP contribution in [0.4, 0.5) is 10.5 Å². The van der Waals surface area contributed by atoms with Crippen LogP contribution < -0.4 is 32.3 Å². The lowest BCUT2D eigenvalue weighted by Gasteiger charge is -2.25. The summed E-state index contributed by atoms with van der Waals surface area (Å²) in [5.41, 5.74) is 14.4. The van der Waals surface area contributed by atoms with Gasteiger partial charge in [0.2, 0.25) is 23.6 Å². The number of carbonyl (C=O) groups is 5. The standard InChI is InChI=1S/C40H69N9O15/c1-31(2)37(39(54)47-34(4-3-9-44-40(41)55)38(53)46-33-7-5-32(28-50)6-8-33)48-36(52)30-64-29-35(51)43-10-12-56-14-16-58-18-20-60-22-24-62-26-27-63-25-23-61-21-19-59-17-15-57-13-11-45-49-42/h5-8,31,34,37,50H,3-4,9-30H2,1-2H3,(H,43,51)(H,46,53)(H,47,54)(H,48,52)(H3,41,44,55). The maximum atomic E-state index is 13.3. The zero-order chi connectivity index (χ0) is 46.9. The molecule has 1 aromatic rings. The van der Waals surface area contributed by atoms with Gasteiger partial charge in [-0.25, -0.2) is 4.79 Å². The Hall–Kier alpha value is -4.72. The SMILES string of the molecule is CC(C)C(NC(=O)COCC(=O)NCCOCCOCCOCCOCCOCCOCCOCCOCCN=[N+]=[N-])C(=O)NC(CCCNC(N)=O)C(=O)Nc1ccc(CO)cc1. The molecule has 0 bridgehead atoms. The number of azide groups is 1. The predicted molar refractivity (Wildman–Crippen MR) is 231 cm³/mol. The monoisotopic (exact) mass is 915 g/mol. The molecule has 0 heterocycles. The number of carbonyl (C=O) groups excluding carboxylic acids is 5. The third kappa shape index (κ3) is 32.9. The van der Waals surface area contributed by atoms with Gasteiger partial charge in [-0.15, -0.1) is 0 Å². The molecular weight excluding hydrogens is 846 g/mol. The Balaban J connectivity index is 2.09. The van der Waals surface area contributed by atoms with E-state index in [4.69, 9.17) is 53.9 Å². The van der Waals surface area contributed by atoms with Crippen LogP contribution in [0.2, 0.25) is 0 Å². The van der Waals surface area contributed by atoms with Gasteiger partial charge in [-0.3, -0.25) is 19.2 Å². The fourth-order valence-corrected chi connectivity index (χ4v) is 5.06. The lowest BCUT2D eigenvalue weighted by Crippen LogP contribution is -2.55. The molecule has 2 unspecified atom stereocenters. The maximum Gasteiger partial charge on any atom is 0.312 e. The van der Waals surface area contributed by atoms with E-state index in [9.17, 15) is 29.1 Å². The second-order valence-corrected chi connectivity index (χ2v) is 13.8. The highest BCUT2D eigenvalue weighted by atomic mass is 16.6. The van der Waals surface area contributed by atoms with Gasteiger partial charge in [0.1, 0.15) is 25.3 Å².